The highest BCUT2D eigenvalue weighted by Gasteiger charge is 2.17. The van der Waals surface area contributed by atoms with Gasteiger partial charge in [0.15, 0.2) is 0 Å². The van der Waals surface area contributed by atoms with Crippen molar-refractivity contribution in [1.29, 1.82) is 0 Å². The first-order valence-electron chi connectivity index (χ1n) is 4.31. The van der Waals surface area contributed by atoms with Gasteiger partial charge in [0.25, 0.3) is 0 Å². The molecule has 86 valence electrons. The Labute approximate surface area is 91.0 Å². The van der Waals surface area contributed by atoms with E-state index in [1.54, 1.807) is 0 Å². The number of benzene rings is 1. The van der Waals surface area contributed by atoms with Crippen molar-refractivity contribution in [2.75, 3.05) is 7.11 Å². The third-order valence-electron chi connectivity index (χ3n) is 1.95. The number of carbonyl (C=O) groups is 2. The summed E-state index contributed by atoms with van der Waals surface area (Å²) in [6, 6.07) is 4.02. The minimum absolute atomic E-state index is 0.0447. The first kappa shape index (κ1) is 12.2. The third-order valence-corrected chi connectivity index (χ3v) is 1.95. The second-order valence-electron chi connectivity index (χ2n) is 2.95. The van der Waals surface area contributed by atoms with Crippen molar-refractivity contribution in [3.63, 3.8) is 0 Å². The van der Waals surface area contributed by atoms with Crippen LogP contribution in [0.3, 0.4) is 0 Å². The van der Waals surface area contributed by atoms with Crippen molar-refractivity contribution in [2.45, 2.75) is 6.61 Å². The van der Waals surface area contributed by atoms with E-state index in [4.69, 9.17) is 10.4 Å². The van der Waals surface area contributed by atoms with E-state index in [2.05, 4.69) is 9.62 Å². The summed E-state index contributed by atoms with van der Waals surface area (Å²) < 4.78 is 4.44. The maximum atomic E-state index is 11.2. The van der Waals surface area contributed by atoms with Gasteiger partial charge < -0.3 is 9.84 Å². The lowest BCUT2D eigenvalue weighted by molar-refractivity contribution is -0.253. The van der Waals surface area contributed by atoms with Crippen LogP contribution in [0, 0.1) is 0 Å². The third kappa shape index (κ3) is 2.56. The minimum atomic E-state index is -1.25. The monoisotopic (exact) mass is 226 g/mol. The van der Waals surface area contributed by atoms with Gasteiger partial charge in [-0.25, -0.2) is 14.5 Å². The number of ether oxygens (including phenoxy) is 1. The number of methoxy groups -OCH3 is 1. The number of hydrogen-bond acceptors (Lipinski definition) is 5. The van der Waals surface area contributed by atoms with Crippen LogP contribution < -0.4 is 0 Å². The number of esters is 1. The molecule has 0 aliphatic carbocycles. The molecule has 6 nitrogen and oxygen atoms in total. The van der Waals surface area contributed by atoms with Crippen LogP contribution in [0.15, 0.2) is 18.2 Å². The second kappa shape index (κ2) is 5.24. The van der Waals surface area contributed by atoms with Crippen molar-refractivity contribution < 1.29 is 29.6 Å². The lowest BCUT2D eigenvalue weighted by atomic mass is 10.0. The molecular formula is C10H10O6. The quantitative estimate of drug-likeness (QED) is 0.454. The number of carboxylic acids is 1. The largest absolute Gasteiger partial charge is 0.478 e. The molecule has 0 unspecified atom stereocenters. The fourth-order valence-corrected chi connectivity index (χ4v) is 1.22. The summed E-state index contributed by atoms with van der Waals surface area (Å²) in [5.74, 6) is -1.98. The Hall–Kier alpha value is -1.92. The SMILES string of the molecule is COC(=O)c1ccc(COO)cc1C(=O)O. The minimum Gasteiger partial charge on any atom is -0.478 e. The topological polar surface area (TPSA) is 93.1 Å². The summed E-state index contributed by atoms with van der Waals surface area (Å²) in [4.78, 5) is 26.0. The number of rotatable bonds is 4. The molecule has 0 aromatic heterocycles. The zero-order chi connectivity index (χ0) is 12.1. The van der Waals surface area contributed by atoms with Gasteiger partial charge in [0.2, 0.25) is 0 Å². The van der Waals surface area contributed by atoms with Gasteiger partial charge >= 0.3 is 11.9 Å². The highest BCUT2D eigenvalue weighted by atomic mass is 17.1. The maximum absolute atomic E-state index is 11.2. The van der Waals surface area contributed by atoms with Crippen LogP contribution >= 0.6 is 0 Å². The molecule has 0 spiro atoms. The van der Waals surface area contributed by atoms with Crippen molar-refractivity contribution in [1.82, 2.24) is 0 Å². The van der Waals surface area contributed by atoms with Crippen LogP contribution in [-0.2, 0) is 16.2 Å². The molecule has 0 amide bonds. The smallest absolute Gasteiger partial charge is 0.338 e. The highest BCUT2D eigenvalue weighted by Crippen LogP contribution is 2.14. The summed E-state index contributed by atoms with van der Waals surface area (Å²) >= 11 is 0. The predicted octanol–water partition coefficient (Wildman–Crippen LogP) is 1.16. The van der Waals surface area contributed by atoms with Crippen molar-refractivity contribution in [2.24, 2.45) is 0 Å². The number of hydrogen-bond donors (Lipinski definition) is 2. The van der Waals surface area contributed by atoms with Crippen molar-refractivity contribution in [3.05, 3.63) is 34.9 Å². The lowest BCUT2D eigenvalue weighted by Crippen LogP contribution is -2.10. The standard InChI is InChI=1S/C10H10O6/c1-15-10(13)7-3-2-6(5-16-14)4-8(7)9(11)12/h2-4,14H,5H2,1H3,(H,11,12). The summed E-state index contributed by atoms with van der Waals surface area (Å²) in [5, 5.41) is 17.1. The first-order valence-corrected chi connectivity index (χ1v) is 4.31. The second-order valence-corrected chi connectivity index (χ2v) is 2.95. The van der Waals surface area contributed by atoms with Crippen molar-refractivity contribution in [3.8, 4) is 0 Å². The predicted molar refractivity (Wildman–Crippen MR) is 52.2 cm³/mol. The van der Waals surface area contributed by atoms with E-state index in [1.165, 1.54) is 25.3 Å². The lowest BCUT2D eigenvalue weighted by Gasteiger charge is -2.06. The van der Waals surface area contributed by atoms with Gasteiger partial charge in [-0.3, -0.25) is 5.26 Å². The van der Waals surface area contributed by atoms with Crippen LogP contribution in [-0.4, -0.2) is 29.4 Å². The summed E-state index contributed by atoms with van der Waals surface area (Å²) in [5.41, 5.74) is 0.200. The molecule has 2 N–H and O–H groups in total. The van der Waals surface area contributed by atoms with Crippen LogP contribution in [0.4, 0.5) is 0 Å². The maximum Gasteiger partial charge on any atom is 0.338 e. The first-order chi connectivity index (χ1) is 7.60. The molecule has 0 aliphatic rings. The zero-order valence-electron chi connectivity index (χ0n) is 8.47. The Balaban J connectivity index is 3.19. The summed E-state index contributed by atoms with van der Waals surface area (Å²) in [6.07, 6.45) is 0. The number of carbonyl (C=O) groups excluding carboxylic acids is 1. The van der Waals surface area contributed by atoms with Gasteiger partial charge in [0.05, 0.1) is 18.2 Å². The normalized spacial score (nSPS) is 9.88. The average Bonchev–Trinajstić information content (AvgIpc) is 2.28. The molecule has 0 aliphatic heterocycles. The summed E-state index contributed by atoms with van der Waals surface area (Å²) in [6.45, 7) is -0.151. The number of carboxylic acid groups (broad SMARTS) is 1. The van der Waals surface area contributed by atoms with Gasteiger partial charge in [-0.2, -0.15) is 0 Å². The van der Waals surface area contributed by atoms with E-state index in [1.807, 2.05) is 0 Å². The molecule has 0 bridgehead atoms. The fourth-order valence-electron chi connectivity index (χ4n) is 1.22. The van der Waals surface area contributed by atoms with Crippen LogP contribution in [0.1, 0.15) is 26.3 Å². The molecule has 1 aromatic carbocycles. The average molecular weight is 226 g/mol. The molecule has 0 saturated heterocycles. The molecule has 6 heteroatoms. The van der Waals surface area contributed by atoms with Crippen molar-refractivity contribution >= 4 is 11.9 Å². The Morgan fingerprint density at radius 1 is 1.31 bits per heavy atom. The molecule has 0 atom stereocenters. The summed E-state index contributed by atoms with van der Waals surface area (Å²) in [7, 11) is 1.17. The molecule has 0 saturated carbocycles. The highest BCUT2D eigenvalue weighted by molar-refractivity contribution is 6.02. The Morgan fingerprint density at radius 3 is 2.50 bits per heavy atom. The fraction of sp³-hybridized carbons (Fsp3) is 0.200. The van der Waals surface area contributed by atoms with E-state index in [0.29, 0.717) is 5.56 Å². The zero-order valence-corrected chi connectivity index (χ0v) is 8.47. The van der Waals surface area contributed by atoms with E-state index < -0.39 is 11.9 Å². The molecule has 1 aromatic rings. The van der Waals surface area contributed by atoms with Gasteiger partial charge in [-0.15, -0.1) is 0 Å². The Kier molecular flexibility index (Phi) is 3.98. The van der Waals surface area contributed by atoms with Crippen LogP contribution in [0.5, 0.6) is 0 Å². The molecule has 0 fully saturated rings. The molecule has 0 radical (unpaired) electrons. The van der Waals surface area contributed by atoms with Crippen LogP contribution in [0.2, 0.25) is 0 Å². The van der Waals surface area contributed by atoms with E-state index in [-0.39, 0.29) is 17.7 Å². The molecule has 0 heterocycles. The molecular weight excluding hydrogens is 216 g/mol. The van der Waals surface area contributed by atoms with Gasteiger partial charge in [-0.05, 0) is 17.7 Å². The Morgan fingerprint density at radius 2 is 2.00 bits per heavy atom. The molecule has 16 heavy (non-hydrogen) atoms. The van der Waals surface area contributed by atoms with Gasteiger partial charge in [-0.1, -0.05) is 6.07 Å². The van der Waals surface area contributed by atoms with Gasteiger partial charge in [0, 0.05) is 0 Å². The molecule has 1 rings (SSSR count). The van der Waals surface area contributed by atoms with E-state index in [0.717, 1.165) is 0 Å². The van der Waals surface area contributed by atoms with E-state index in [9.17, 15) is 9.59 Å². The Bertz CT molecular complexity index is 412. The van der Waals surface area contributed by atoms with E-state index >= 15 is 0 Å². The van der Waals surface area contributed by atoms with Crippen LogP contribution in [0.25, 0.3) is 0 Å². The number of aromatic carboxylic acids is 1. The van der Waals surface area contributed by atoms with Gasteiger partial charge in [0.1, 0.15) is 6.61 Å².